The number of allylic oxidation sites excluding steroid dienone is 1. The maximum Gasteiger partial charge on any atom is 0.419 e. The Labute approximate surface area is 167 Å². The van der Waals surface area contributed by atoms with Crippen molar-refractivity contribution in [1.82, 2.24) is 0 Å². The highest BCUT2D eigenvalue weighted by molar-refractivity contribution is 6.14. The molecule has 0 aromatic heterocycles. The van der Waals surface area contributed by atoms with Crippen molar-refractivity contribution in [2.45, 2.75) is 6.18 Å². The standard InChI is InChI=1S/C19H16F4N2.2ClH/c1-25-11-10-24-17(14-4-2-3-5-18(14)25)9-7-13-6-8-15(16(20)12-13)19(21,22)23;;/h2-9,12H,10-11H2,1H3;2*1H. The number of hydrogen-bond acceptors (Lipinski definition) is 2. The molecule has 2 aromatic carbocycles. The molecule has 2 aromatic rings. The Morgan fingerprint density at radius 3 is 2.41 bits per heavy atom. The van der Waals surface area contributed by atoms with Crippen LogP contribution >= 0.6 is 24.8 Å². The first kappa shape index (κ1) is 23.0. The van der Waals surface area contributed by atoms with Crippen molar-refractivity contribution in [3.8, 4) is 0 Å². The quantitative estimate of drug-likeness (QED) is 0.573. The molecule has 0 spiro atoms. The van der Waals surface area contributed by atoms with Gasteiger partial charge in [-0.05, 0) is 29.8 Å². The zero-order valence-corrected chi connectivity index (χ0v) is 16.0. The highest BCUT2D eigenvalue weighted by Gasteiger charge is 2.33. The number of nitrogens with zero attached hydrogens (tertiary/aromatic N) is 2. The summed E-state index contributed by atoms with van der Waals surface area (Å²) in [6.07, 6.45) is -1.41. The predicted molar refractivity (Wildman–Crippen MR) is 106 cm³/mol. The average Bonchev–Trinajstić information content (AvgIpc) is 2.71. The lowest BCUT2D eigenvalue weighted by Gasteiger charge is -2.18. The molecule has 0 saturated carbocycles. The van der Waals surface area contributed by atoms with E-state index in [0.29, 0.717) is 12.1 Å². The second kappa shape index (κ2) is 9.24. The van der Waals surface area contributed by atoms with Crippen molar-refractivity contribution in [1.29, 1.82) is 0 Å². The van der Waals surface area contributed by atoms with E-state index in [1.165, 1.54) is 6.07 Å². The fraction of sp³-hybridized carbons (Fsp3) is 0.211. The number of rotatable bonds is 2. The summed E-state index contributed by atoms with van der Waals surface area (Å²) < 4.78 is 51.5. The number of likely N-dealkylation sites (N-methyl/N-ethyl adjacent to an activating group) is 1. The van der Waals surface area contributed by atoms with Gasteiger partial charge >= 0.3 is 6.18 Å². The van der Waals surface area contributed by atoms with Gasteiger partial charge in [0.05, 0.1) is 17.8 Å². The number of para-hydroxylation sites is 1. The summed E-state index contributed by atoms with van der Waals surface area (Å²) in [6.45, 7) is 1.37. The van der Waals surface area contributed by atoms with Gasteiger partial charge in [-0.1, -0.05) is 30.3 Å². The molecular formula is C19H18Cl2F4N2. The highest BCUT2D eigenvalue weighted by atomic mass is 35.5. The van der Waals surface area contributed by atoms with Crippen LogP contribution in [-0.4, -0.2) is 25.8 Å². The fourth-order valence-electron chi connectivity index (χ4n) is 2.73. The van der Waals surface area contributed by atoms with Crippen LogP contribution < -0.4 is 4.90 Å². The van der Waals surface area contributed by atoms with Crippen molar-refractivity contribution >= 4 is 42.3 Å². The summed E-state index contributed by atoms with van der Waals surface area (Å²) >= 11 is 0. The van der Waals surface area contributed by atoms with Crippen LogP contribution in [0.2, 0.25) is 0 Å². The van der Waals surface area contributed by atoms with Crippen molar-refractivity contribution in [3.05, 3.63) is 71.0 Å². The SMILES string of the molecule is CN1CCN=C(C=Cc2ccc(C(F)(F)F)c(F)c2)c2ccccc21.Cl.Cl. The number of alkyl halides is 3. The van der Waals surface area contributed by atoms with Gasteiger partial charge in [-0.25, -0.2) is 4.39 Å². The van der Waals surface area contributed by atoms with Crippen LogP contribution in [0, 0.1) is 5.82 Å². The Morgan fingerprint density at radius 1 is 1.04 bits per heavy atom. The van der Waals surface area contributed by atoms with Crippen molar-refractivity contribution in [2.75, 3.05) is 25.0 Å². The van der Waals surface area contributed by atoms with E-state index >= 15 is 0 Å². The largest absolute Gasteiger partial charge is 0.419 e. The zero-order chi connectivity index (χ0) is 18.0. The lowest BCUT2D eigenvalue weighted by Crippen LogP contribution is -2.20. The molecular weight excluding hydrogens is 403 g/mol. The number of fused-ring (bicyclic) bond motifs is 1. The summed E-state index contributed by atoms with van der Waals surface area (Å²) in [7, 11) is 1.98. The molecule has 27 heavy (non-hydrogen) atoms. The van der Waals surface area contributed by atoms with Crippen LogP contribution in [0.5, 0.6) is 0 Å². The molecule has 8 heteroatoms. The molecule has 0 saturated heterocycles. The van der Waals surface area contributed by atoms with Gasteiger partial charge in [0.15, 0.2) is 0 Å². The Bertz CT molecular complexity index is 848. The van der Waals surface area contributed by atoms with Crippen LogP contribution in [0.4, 0.5) is 23.2 Å². The average molecular weight is 421 g/mol. The van der Waals surface area contributed by atoms with Gasteiger partial charge in [-0.3, -0.25) is 4.99 Å². The minimum absolute atomic E-state index is 0. The Kier molecular flexibility index (Phi) is 7.87. The molecule has 0 aliphatic carbocycles. The number of hydrogen-bond donors (Lipinski definition) is 0. The molecule has 3 rings (SSSR count). The molecule has 0 fully saturated rings. The third-order valence-corrected chi connectivity index (χ3v) is 4.04. The maximum absolute atomic E-state index is 13.7. The summed E-state index contributed by atoms with van der Waals surface area (Å²) in [4.78, 5) is 6.62. The molecule has 0 bridgehead atoms. The molecule has 1 aliphatic rings. The Morgan fingerprint density at radius 2 is 1.74 bits per heavy atom. The van der Waals surface area contributed by atoms with Gasteiger partial charge in [0.2, 0.25) is 0 Å². The number of halogens is 6. The summed E-state index contributed by atoms with van der Waals surface area (Å²) in [6, 6.07) is 10.7. The molecule has 0 radical (unpaired) electrons. The van der Waals surface area contributed by atoms with Crippen LogP contribution in [0.3, 0.4) is 0 Å². The molecule has 0 N–H and O–H groups in total. The van der Waals surface area contributed by atoms with E-state index < -0.39 is 17.6 Å². The molecule has 0 unspecified atom stereocenters. The Balaban J connectivity index is 0.00000182. The second-order valence-corrected chi connectivity index (χ2v) is 5.78. The first-order valence-corrected chi connectivity index (χ1v) is 7.76. The zero-order valence-electron chi connectivity index (χ0n) is 14.3. The lowest BCUT2D eigenvalue weighted by atomic mass is 10.0. The molecule has 146 valence electrons. The van der Waals surface area contributed by atoms with Gasteiger partial charge in [-0.15, -0.1) is 24.8 Å². The smallest absolute Gasteiger partial charge is 0.372 e. The first-order valence-electron chi connectivity index (χ1n) is 7.76. The van der Waals surface area contributed by atoms with Crippen molar-refractivity contribution in [3.63, 3.8) is 0 Å². The van der Waals surface area contributed by atoms with E-state index in [1.54, 1.807) is 12.2 Å². The van der Waals surface area contributed by atoms with E-state index in [4.69, 9.17) is 0 Å². The molecule has 2 nitrogen and oxygen atoms in total. The fourth-order valence-corrected chi connectivity index (χ4v) is 2.73. The lowest BCUT2D eigenvalue weighted by molar-refractivity contribution is -0.140. The van der Waals surface area contributed by atoms with Gasteiger partial charge in [0, 0.05) is 24.8 Å². The molecule has 1 heterocycles. The maximum atomic E-state index is 13.7. The summed E-state index contributed by atoms with van der Waals surface area (Å²) in [5.41, 5.74) is 1.78. The number of aliphatic imine (C=N–C) groups is 1. The second-order valence-electron chi connectivity index (χ2n) is 5.78. The predicted octanol–water partition coefficient (Wildman–Crippen LogP) is 5.64. The minimum atomic E-state index is -4.69. The van der Waals surface area contributed by atoms with Crippen molar-refractivity contribution in [2.24, 2.45) is 4.99 Å². The first-order chi connectivity index (χ1) is 11.9. The number of anilines is 1. The topological polar surface area (TPSA) is 15.6 Å². The van der Waals surface area contributed by atoms with E-state index in [-0.39, 0.29) is 24.8 Å². The third-order valence-electron chi connectivity index (χ3n) is 4.04. The van der Waals surface area contributed by atoms with Gasteiger partial charge in [0.1, 0.15) is 5.82 Å². The monoisotopic (exact) mass is 420 g/mol. The van der Waals surface area contributed by atoms with E-state index in [9.17, 15) is 17.6 Å². The van der Waals surface area contributed by atoms with Gasteiger partial charge < -0.3 is 4.90 Å². The van der Waals surface area contributed by atoms with Crippen LogP contribution in [0.25, 0.3) is 6.08 Å². The molecule has 1 aliphatic heterocycles. The third kappa shape index (κ3) is 5.23. The van der Waals surface area contributed by atoms with Crippen LogP contribution in [-0.2, 0) is 6.18 Å². The van der Waals surface area contributed by atoms with Gasteiger partial charge in [-0.2, -0.15) is 13.2 Å². The summed E-state index contributed by atoms with van der Waals surface area (Å²) in [5, 5.41) is 0. The summed E-state index contributed by atoms with van der Waals surface area (Å²) in [5.74, 6) is -1.28. The van der Waals surface area contributed by atoms with Gasteiger partial charge in [0.25, 0.3) is 0 Å². The number of benzodiazepines with no additional fused rings is 1. The van der Waals surface area contributed by atoms with Crippen LogP contribution in [0.1, 0.15) is 16.7 Å². The highest BCUT2D eigenvalue weighted by Crippen LogP contribution is 2.31. The van der Waals surface area contributed by atoms with E-state index in [2.05, 4.69) is 9.89 Å². The van der Waals surface area contributed by atoms with E-state index in [1.807, 2.05) is 31.3 Å². The molecule has 0 atom stereocenters. The number of benzene rings is 2. The van der Waals surface area contributed by atoms with E-state index in [0.717, 1.165) is 35.6 Å². The molecule has 0 amide bonds. The van der Waals surface area contributed by atoms with Crippen LogP contribution in [0.15, 0.2) is 53.5 Å². The Hall–Kier alpha value is -2.05. The van der Waals surface area contributed by atoms with Crippen molar-refractivity contribution < 1.29 is 17.6 Å². The normalized spacial score (nSPS) is 14.0. The minimum Gasteiger partial charge on any atom is -0.372 e.